The molecule has 2 N–H and O–H groups in total. The maximum atomic E-state index is 11.3. The minimum absolute atomic E-state index is 0.381. The van der Waals surface area contributed by atoms with Gasteiger partial charge in [0.1, 0.15) is 0 Å². The Kier molecular flexibility index (Phi) is 2.37. The molecule has 3 rings (SSSR count). The molecule has 0 fully saturated rings. The lowest BCUT2D eigenvalue weighted by Crippen LogP contribution is -2.17. The lowest BCUT2D eigenvalue weighted by Gasteiger charge is -2.19. The molecule has 1 aliphatic rings. The third-order valence-corrected chi connectivity index (χ3v) is 3.68. The zero-order chi connectivity index (χ0) is 12.0. The van der Waals surface area contributed by atoms with Crippen molar-refractivity contribution in [2.75, 3.05) is 0 Å². The summed E-state index contributed by atoms with van der Waals surface area (Å²) in [5.74, 6) is -1.12. The molecule has 1 atom stereocenters. The highest BCUT2D eigenvalue weighted by Gasteiger charge is 2.29. The van der Waals surface area contributed by atoms with Crippen LogP contribution in [0.3, 0.4) is 0 Å². The van der Waals surface area contributed by atoms with Crippen LogP contribution in [0.15, 0.2) is 18.2 Å². The molecule has 0 bridgehead atoms. The molecule has 1 aromatic heterocycles. The summed E-state index contributed by atoms with van der Waals surface area (Å²) in [6.07, 6.45) is 2.56. The Morgan fingerprint density at radius 1 is 1.47 bits per heavy atom. The van der Waals surface area contributed by atoms with Crippen molar-refractivity contribution in [3.8, 4) is 0 Å². The number of hydrogen-bond donors (Lipinski definition) is 2. The van der Waals surface area contributed by atoms with E-state index in [4.69, 9.17) is 11.6 Å². The predicted octanol–water partition coefficient (Wildman–Crippen LogP) is 3.33. The molecule has 4 heteroatoms. The van der Waals surface area contributed by atoms with Gasteiger partial charge in [0.15, 0.2) is 0 Å². The summed E-state index contributed by atoms with van der Waals surface area (Å²) < 4.78 is 0. The zero-order valence-corrected chi connectivity index (χ0v) is 9.92. The number of carboxylic acids is 1. The molecule has 1 aliphatic carbocycles. The fourth-order valence-electron chi connectivity index (χ4n) is 2.72. The smallest absolute Gasteiger partial charge is 0.311 e. The highest BCUT2D eigenvalue weighted by molar-refractivity contribution is 6.31. The molecule has 88 valence electrons. The number of aliphatic carboxylic acids is 1. The number of nitrogens with one attached hydrogen (secondary N) is 1. The van der Waals surface area contributed by atoms with Crippen LogP contribution in [0.25, 0.3) is 10.9 Å². The van der Waals surface area contributed by atoms with Crippen LogP contribution in [0.4, 0.5) is 0 Å². The fraction of sp³-hybridized carbons (Fsp3) is 0.308. The molecule has 0 spiro atoms. The van der Waals surface area contributed by atoms with Crippen molar-refractivity contribution >= 4 is 28.5 Å². The van der Waals surface area contributed by atoms with Gasteiger partial charge in [0.25, 0.3) is 0 Å². The van der Waals surface area contributed by atoms with Crippen LogP contribution >= 0.6 is 11.6 Å². The number of fused-ring (bicyclic) bond motifs is 3. The van der Waals surface area contributed by atoms with Gasteiger partial charge >= 0.3 is 5.97 Å². The van der Waals surface area contributed by atoms with E-state index in [0.717, 1.165) is 41.4 Å². The van der Waals surface area contributed by atoms with Gasteiger partial charge in [-0.1, -0.05) is 17.7 Å². The van der Waals surface area contributed by atoms with Gasteiger partial charge in [-0.15, -0.1) is 0 Å². The highest BCUT2D eigenvalue weighted by atomic mass is 35.5. The number of carbonyl (C=O) groups is 1. The van der Waals surface area contributed by atoms with E-state index in [2.05, 4.69) is 4.98 Å². The second kappa shape index (κ2) is 3.77. The largest absolute Gasteiger partial charge is 0.481 e. The van der Waals surface area contributed by atoms with Gasteiger partial charge in [0.05, 0.1) is 5.92 Å². The summed E-state index contributed by atoms with van der Waals surface area (Å²) in [5.41, 5.74) is 2.95. The number of aromatic nitrogens is 1. The molecule has 0 radical (unpaired) electrons. The summed E-state index contributed by atoms with van der Waals surface area (Å²) in [6, 6.07) is 5.58. The SMILES string of the molecule is O=C(O)C1CCCc2[nH]c3cc(Cl)ccc3c21. The highest BCUT2D eigenvalue weighted by Crippen LogP contribution is 2.37. The average Bonchev–Trinajstić information content (AvgIpc) is 2.65. The predicted molar refractivity (Wildman–Crippen MR) is 66.6 cm³/mol. The van der Waals surface area contributed by atoms with Crippen molar-refractivity contribution in [2.24, 2.45) is 0 Å². The summed E-state index contributed by atoms with van der Waals surface area (Å²) in [6.45, 7) is 0. The van der Waals surface area contributed by atoms with E-state index >= 15 is 0 Å². The van der Waals surface area contributed by atoms with Gasteiger partial charge in [-0.2, -0.15) is 0 Å². The fourth-order valence-corrected chi connectivity index (χ4v) is 2.89. The van der Waals surface area contributed by atoms with Crippen LogP contribution in [-0.4, -0.2) is 16.1 Å². The molecule has 1 unspecified atom stereocenters. The van der Waals surface area contributed by atoms with Crippen molar-refractivity contribution in [3.05, 3.63) is 34.5 Å². The standard InChI is InChI=1S/C13H12ClNO2/c14-7-4-5-8-11(6-7)15-10-3-1-2-9(12(8)10)13(16)17/h4-6,9,15H,1-3H2,(H,16,17). The van der Waals surface area contributed by atoms with Crippen LogP contribution in [0.5, 0.6) is 0 Å². The van der Waals surface area contributed by atoms with Crippen LogP contribution in [0.1, 0.15) is 30.0 Å². The molecule has 3 nitrogen and oxygen atoms in total. The molecule has 1 aromatic carbocycles. The van der Waals surface area contributed by atoms with Crippen molar-refractivity contribution in [1.82, 2.24) is 4.98 Å². The summed E-state index contributed by atoms with van der Waals surface area (Å²) in [4.78, 5) is 14.6. The minimum Gasteiger partial charge on any atom is -0.481 e. The van der Waals surface area contributed by atoms with Gasteiger partial charge in [0, 0.05) is 21.6 Å². The molecule has 0 saturated carbocycles. The van der Waals surface area contributed by atoms with Crippen molar-refractivity contribution in [1.29, 1.82) is 0 Å². The second-order valence-corrected chi connectivity index (χ2v) is 4.93. The zero-order valence-electron chi connectivity index (χ0n) is 9.16. The first-order chi connectivity index (χ1) is 8.16. The Bertz CT molecular complexity index is 603. The normalized spacial score (nSPS) is 19.2. The number of aromatic amines is 1. The van der Waals surface area contributed by atoms with E-state index in [-0.39, 0.29) is 5.92 Å². The van der Waals surface area contributed by atoms with E-state index in [1.54, 1.807) is 0 Å². The number of benzene rings is 1. The van der Waals surface area contributed by atoms with E-state index in [1.165, 1.54) is 0 Å². The lowest BCUT2D eigenvalue weighted by atomic mass is 9.85. The molecule has 0 saturated heterocycles. The Labute approximate surface area is 103 Å². The van der Waals surface area contributed by atoms with Crippen molar-refractivity contribution < 1.29 is 9.90 Å². The molecular formula is C13H12ClNO2. The van der Waals surface area contributed by atoms with Crippen LogP contribution in [0, 0.1) is 0 Å². The third kappa shape index (κ3) is 1.62. The van der Waals surface area contributed by atoms with Gasteiger partial charge in [0.2, 0.25) is 0 Å². The van der Waals surface area contributed by atoms with Crippen LogP contribution in [0.2, 0.25) is 5.02 Å². The lowest BCUT2D eigenvalue weighted by molar-refractivity contribution is -0.139. The number of rotatable bonds is 1. The molecule has 1 heterocycles. The number of hydrogen-bond acceptors (Lipinski definition) is 1. The van der Waals surface area contributed by atoms with Crippen molar-refractivity contribution in [2.45, 2.75) is 25.2 Å². The molecule has 0 aliphatic heterocycles. The van der Waals surface area contributed by atoms with E-state index in [9.17, 15) is 9.90 Å². The first-order valence-corrected chi connectivity index (χ1v) is 6.07. The summed E-state index contributed by atoms with van der Waals surface area (Å²) >= 11 is 5.94. The van der Waals surface area contributed by atoms with Gasteiger partial charge in [-0.3, -0.25) is 4.79 Å². The first-order valence-electron chi connectivity index (χ1n) is 5.69. The molecule has 17 heavy (non-hydrogen) atoms. The third-order valence-electron chi connectivity index (χ3n) is 3.45. The Morgan fingerprint density at radius 2 is 2.29 bits per heavy atom. The Morgan fingerprint density at radius 3 is 3.06 bits per heavy atom. The summed E-state index contributed by atoms with van der Waals surface area (Å²) in [5, 5.41) is 10.9. The summed E-state index contributed by atoms with van der Waals surface area (Å²) in [7, 11) is 0. The average molecular weight is 250 g/mol. The maximum absolute atomic E-state index is 11.3. The molecule has 0 amide bonds. The number of carboxylic acid groups (broad SMARTS) is 1. The van der Waals surface area contributed by atoms with E-state index < -0.39 is 5.97 Å². The topological polar surface area (TPSA) is 53.1 Å². The first kappa shape index (κ1) is 10.7. The van der Waals surface area contributed by atoms with Gasteiger partial charge in [-0.05, 0) is 37.0 Å². The van der Waals surface area contributed by atoms with E-state index in [0.29, 0.717) is 5.02 Å². The van der Waals surface area contributed by atoms with Crippen LogP contribution < -0.4 is 0 Å². The van der Waals surface area contributed by atoms with Gasteiger partial charge < -0.3 is 10.1 Å². The maximum Gasteiger partial charge on any atom is 0.311 e. The second-order valence-electron chi connectivity index (χ2n) is 4.49. The van der Waals surface area contributed by atoms with Crippen LogP contribution in [-0.2, 0) is 11.2 Å². The van der Waals surface area contributed by atoms with E-state index in [1.807, 2.05) is 18.2 Å². The van der Waals surface area contributed by atoms with Crippen molar-refractivity contribution in [3.63, 3.8) is 0 Å². The minimum atomic E-state index is -0.734. The monoisotopic (exact) mass is 249 g/mol. The van der Waals surface area contributed by atoms with Gasteiger partial charge in [-0.25, -0.2) is 0 Å². The Hall–Kier alpha value is -1.48. The number of halogens is 1. The quantitative estimate of drug-likeness (QED) is 0.815. The Balaban J connectivity index is 2.27. The molecular weight excluding hydrogens is 238 g/mol. The number of H-pyrrole nitrogens is 1. The molecule has 2 aromatic rings. The number of aryl methyl sites for hydroxylation is 1.